The summed E-state index contributed by atoms with van der Waals surface area (Å²) < 4.78 is 10.9. The van der Waals surface area contributed by atoms with E-state index < -0.39 is 11.4 Å². The molecule has 2 rings (SSSR count). The molecule has 6 heteroatoms. The number of rotatable bonds is 4. The molecular weight excluding hydrogens is 350 g/mol. The molecule has 0 saturated carbocycles. The Morgan fingerprint density at radius 1 is 1.32 bits per heavy atom. The zero-order valence-corrected chi connectivity index (χ0v) is 14.5. The highest BCUT2D eigenvalue weighted by molar-refractivity contribution is 9.10. The minimum atomic E-state index is -0.988. The van der Waals surface area contributed by atoms with E-state index in [9.17, 15) is 9.59 Å². The van der Waals surface area contributed by atoms with Gasteiger partial charge in [-0.05, 0) is 39.0 Å². The SMILES string of the molecule is CCOC(=O)C(C)(C)c1c(C(=O)OC)[nH]c2ccc(Br)cc12. The van der Waals surface area contributed by atoms with E-state index in [2.05, 4.69) is 20.9 Å². The van der Waals surface area contributed by atoms with Crippen LogP contribution in [-0.4, -0.2) is 30.6 Å². The minimum Gasteiger partial charge on any atom is -0.465 e. The first-order valence-corrected chi connectivity index (χ1v) is 7.69. The Balaban J connectivity index is 2.75. The Labute approximate surface area is 137 Å². The van der Waals surface area contributed by atoms with Gasteiger partial charge in [-0.25, -0.2) is 4.79 Å². The van der Waals surface area contributed by atoms with Gasteiger partial charge in [-0.2, -0.15) is 0 Å². The Hall–Kier alpha value is -1.82. The van der Waals surface area contributed by atoms with Crippen molar-refractivity contribution in [2.24, 2.45) is 0 Å². The monoisotopic (exact) mass is 367 g/mol. The average Bonchev–Trinajstić information content (AvgIpc) is 2.85. The number of halogens is 1. The second kappa shape index (κ2) is 6.12. The van der Waals surface area contributed by atoms with Crippen LogP contribution < -0.4 is 0 Å². The third-order valence-electron chi connectivity index (χ3n) is 3.56. The number of ether oxygens (including phenoxy) is 2. The molecule has 1 N–H and O–H groups in total. The molecule has 0 unspecified atom stereocenters. The average molecular weight is 368 g/mol. The normalized spacial score (nSPS) is 11.5. The van der Waals surface area contributed by atoms with Crippen LogP contribution >= 0.6 is 15.9 Å². The highest BCUT2D eigenvalue weighted by Gasteiger charge is 2.38. The molecular formula is C16H18BrNO4. The summed E-state index contributed by atoms with van der Waals surface area (Å²) in [6.07, 6.45) is 0. The van der Waals surface area contributed by atoms with Gasteiger partial charge in [0.05, 0.1) is 19.1 Å². The van der Waals surface area contributed by atoms with Crippen molar-refractivity contribution in [1.82, 2.24) is 4.98 Å². The molecule has 1 heterocycles. The van der Waals surface area contributed by atoms with Crippen molar-refractivity contribution in [2.75, 3.05) is 13.7 Å². The lowest BCUT2D eigenvalue weighted by molar-refractivity contribution is -0.148. The van der Waals surface area contributed by atoms with Crippen LogP contribution in [0.1, 0.15) is 36.8 Å². The molecule has 0 fully saturated rings. The Kier molecular flexibility index (Phi) is 4.60. The van der Waals surface area contributed by atoms with Crippen LogP contribution in [0.2, 0.25) is 0 Å². The van der Waals surface area contributed by atoms with E-state index in [1.807, 2.05) is 18.2 Å². The predicted molar refractivity (Wildman–Crippen MR) is 87.0 cm³/mol. The number of H-pyrrole nitrogens is 1. The van der Waals surface area contributed by atoms with Crippen molar-refractivity contribution < 1.29 is 19.1 Å². The molecule has 0 aliphatic rings. The summed E-state index contributed by atoms with van der Waals surface area (Å²) >= 11 is 3.42. The number of methoxy groups -OCH3 is 1. The zero-order chi connectivity index (χ0) is 16.5. The number of hydrogen-bond acceptors (Lipinski definition) is 4. The first kappa shape index (κ1) is 16.5. The lowest BCUT2D eigenvalue weighted by atomic mass is 9.82. The Morgan fingerprint density at radius 3 is 2.59 bits per heavy atom. The summed E-state index contributed by atoms with van der Waals surface area (Å²) in [5.41, 5.74) is 0.622. The largest absolute Gasteiger partial charge is 0.465 e. The number of nitrogens with one attached hydrogen (secondary N) is 1. The number of carbonyl (C=O) groups is 2. The third kappa shape index (κ3) is 2.75. The number of carbonyl (C=O) groups excluding carboxylic acids is 2. The number of aromatic nitrogens is 1. The molecule has 0 amide bonds. The van der Waals surface area contributed by atoms with Crippen LogP contribution in [0, 0.1) is 0 Å². The summed E-state index contributed by atoms with van der Waals surface area (Å²) in [7, 11) is 1.31. The smallest absolute Gasteiger partial charge is 0.354 e. The highest BCUT2D eigenvalue weighted by Crippen LogP contribution is 2.36. The quantitative estimate of drug-likeness (QED) is 0.838. The number of benzene rings is 1. The topological polar surface area (TPSA) is 68.4 Å². The Morgan fingerprint density at radius 2 is 2.00 bits per heavy atom. The molecule has 2 aromatic rings. The van der Waals surface area contributed by atoms with Crippen LogP contribution in [-0.2, 0) is 19.7 Å². The predicted octanol–water partition coefficient (Wildman–Crippen LogP) is 3.56. The zero-order valence-electron chi connectivity index (χ0n) is 13.0. The molecule has 5 nitrogen and oxygen atoms in total. The van der Waals surface area contributed by atoms with Crippen LogP contribution in [0.4, 0.5) is 0 Å². The number of hydrogen-bond donors (Lipinski definition) is 1. The second-order valence-corrected chi connectivity index (χ2v) is 6.32. The van der Waals surface area contributed by atoms with Crippen LogP contribution in [0.25, 0.3) is 10.9 Å². The van der Waals surface area contributed by atoms with Crippen LogP contribution in [0.5, 0.6) is 0 Å². The van der Waals surface area contributed by atoms with Crippen LogP contribution in [0.3, 0.4) is 0 Å². The fourth-order valence-electron chi connectivity index (χ4n) is 2.48. The molecule has 0 atom stereocenters. The summed E-state index contributed by atoms with van der Waals surface area (Å²) in [5.74, 6) is -0.902. The van der Waals surface area contributed by atoms with E-state index in [0.29, 0.717) is 5.56 Å². The molecule has 0 saturated heterocycles. The lowest BCUT2D eigenvalue weighted by Crippen LogP contribution is -2.32. The fourth-order valence-corrected chi connectivity index (χ4v) is 2.84. The molecule has 22 heavy (non-hydrogen) atoms. The van der Waals surface area contributed by atoms with Gasteiger partial charge in [0.25, 0.3) is 0 Å². The van der Waals surface area contributed by atoms with Gasteiger partial charge in [-0.1, -0.05) is 15.9 Å². The molecule has 0 bridgehead atoms. The second-order valence-electron chi connectivity index (χ2n) is 5.40. The van der Waals surface area contributed by atoms with E-state index >= 15 is 0 Å². The summed E-state index contributed by atoms with van der Waals surface area (Å²) in [4.78, 5) is 27.5. The molecule has 118 valence electrons. The van der Waals surface area contributed by atoms with Gasteiger partial charge in [-0.15, -0.1) is 0 Å². The van der Waals surface area contributed by atoms with Gasteiger partial charge in [0.2, 0.25) is 0 Å². The first-order valence-electron chi connectivity index (χ1n) is 6.90. The van der Waals surface area contributed by atoms with Crippen molar-refractivity contribution in [3.8, 4) is 0 Å². The van der Waals surface area contributed by atoms with Crippen molar-refractivity contribution in [1.29, 1.82) is 0 Å². The van der Waals surface area contributed by atoms with Gasteiger partial charge in [0.1, 0.15) is 5.69 Å². The first-order chi connectivity index (χ1) is 10.3. The summed E-state index contributed by atoms with van der Waals surface area (Å²) in [5, 5.41) is 0.785. The molecule has 1 aromatic carbocycles. The van der Waals surface area contributed by atoms with Crippen molar-refractivity contribution >= 4 is 38.8 Å². The summed E-state index contributed by atoms with van der Waals surface area (Å²) in [6.45, 7) is 5.50. The van der Waals surface area contributed by atoms with Gasteiger partial charge in [-0.3, -0.25) is 4.79 Å². The number of esters is 2. The van der Waals surface area contributed by atoms with Crippen molar-refractivity contribution in [2.45, 2.75) is 26.2 Å². The molecule has 0 radical (unpaired) electrons. The van der Waals surface area contributed by atoms with Gasteiger partial charge in [0, 0.05) is 20.9 Å². The van der Waals surface area contributed by atoms with E-state index in [1.54, 1.807) is 20.8 Å². The highest BCUT2D eigenvalue weighted by atomic mass is 79.9. The minimum absolute atomic E-state index is 0.272. The Bertz CT molecular complexity index is 733. The van der Waals surface area contributed by atoms with Gasteiger partial charge < -0.3 is 14.5 Å². The number of aromatic amines is 1. The molecule has 0 aliphatic heterocycles. The third-order valence-corrected chi connectivity index (χ3v) is 4.05. The van der Waals surface area contributed by atoms with Gasteiger partial charge >= 0.3 is 11.9 Å². The maximum absolute atomic E-state index is 12.4. The summed E-state index contributed by atoms with van der Waals surface area (Å²) in [6, 6.07) is 5.58. The fraction of sp³-hybridized carbons (Fsp3) is 0.375. The van der Waals surface area contributed by atoms with Crippen molar-refractivity contribution in [3.63, 3.8) is 0 Å². The van der Waals surface area contributed by atoms with E-state index in [0.717, 1.165) is 15.4 Å². The van der Waals surface area contributed by atoms with Crippen LogP contribution in [0.15, 0.2) is 22.7 Å². The molecule has 1 aromatic heterocycles. The lowest BCUT2D eigenvalue weighted by Gasteiger charge is -2.23. The van der Waals surface area contributed by atoms with E-state index in [4.69, 9.17) is 9.47 Å². The molecule has 0 aliphatic carbocycles. The van der Waals surface area contributed by atoms with E-state index in [1.165, 1.54) is 7.11 Å². The maximum Gasteiger partial charge on any atom is 0.354 e. The molecule has 0 spiro atoms. The maximum atomic E-state index is 12.4. The standard InChI is InChI=1S/C16H18BrNO4/c1-5-22-15(20)16(2,3)12-10-8-9(17)6-7-11(10)18-13(12)14(19)21-4/h6-8,18H,5H2,1-4H3. The van der Waals surface area contributed by atoms with Crippen molar-refractivity contribution in [3.05, 3.63) is 33.9 Å². The van der Waals surface area contributed by atoms with E-state index in [-0.39, 0.29) is 18.3 Å². The van der Waals surface area contributed by atoms with Gasteiger partial charge in [0.15, 0.2) is 0 Å². The number of fused-ring (bicyclic) bond motifs is 1.